The van der Waals surface area contributed by atoms with Crippen LogP contribution >= 0.6 is 0 Å². The Balaban J connectivity index is 1.34. The van der Waals surface area contributed by atoms with Crippen molar-refractivity contribution < 1.29 is 9.53 Å². The van der Waals surface area contributed by atoms with E-state index in [4.69, 9.17) is 9.72 Å². The Hall–Kier alpha value is -3.60. The molecule has 4 rings (SSSR count). The maximum absolute atomic E-state index is 12.4. The molecule has 5 heteroatoms. The average molecular weight is 456 g/mol. The van der Waals surface area contributed by atoms with Gasteiger partial charge in [-0.1, -0.05) is 48.0 Å². The van der Waals surface area contributed by atoms with Gasteiger partial charge in [-0.2, -0.15) is 0 Å². The number of hydrogen-bond donors (Lipinski definition) is 1. The maximum atomic E-state index is 12.4. The summed E-state index contributed by atoms with van der Waals surface area (Å²) in [6.45, 7) is 8.30. The Morgan fingerprint density at radius 3 is 2.41 bits per heavy atom. The van der Waals surface area contributed by atoms with Crippen LogP contribution < -0.4 is 10.1 Å². The minimum absolute atomic E-state index is 0.0304. The molecule has 176 valence electrons. The highest BCUT2D eigenvalue weighted by Gasteiger charge is 2.11. The topological polar surface area (TPSA) is 56.2 Å². The van der Waals surface area contributed by atoms with Crippen LogP contribution in [0, 0.1) is 20.8 Å². The molecule has 34 heavy (non-hydrogen) atoms. The summed E-state index contributed by atoms with van der Waals surface area (Å²) in [5.41, 5.74) is 6.34. The van der Waals surface area contributed by atoms with Gasteiger partial charge in [0.1, 0.15) is 11.6 Å². The molecule has 0 spiro atoms. The number of aryl methyl sites for hydroxylation is 5. The van der Waals surface area contributed by atoms with Gasteiger partial charge >= 0.3 is 0 Å². The Labute approximate surface area is 201 Å². The minimum Gasteiger partial charge on any atom is -0.493 e. The Bertz CT molecular complexity index is 1240. The van der Waals surface area contributed by atoms with Gasteiger partial charge in [0, 0.05) is 25.1 Å². The van der Waals surface area contributed by atoms with Crippen LogP contribution in [0.2, 0.25) is 0 Å². The van der Waals surface area contributed by atoms with Gasteiger partial charge in [0.2, 0.25) is 0 Å². The standard InChI is InChI=1S/C29H33N3O2/c1-21-14-16-24(17-15-21)29(33)30-18-7-13-27-31-25-11-4-5-12-26(25)32(27)19-8-20-34-28-22(2)9-6-10-23(28)3/h4-6,9-12,14-17H,7-8,13,18-20H2,1-3H3,(H,30,33). The molecular weight excluding hydrogens is 422 g/mol. The Morgan fingerprint density at radius 2 is 1.65 bits per heavy atom. The third kappa shape index (κ3) is 5.66. The first-order valence-corrected chi connectivity index (χ1v) is 12.0. The lowest BCUT2D eigenvalue weighted by Crippen LogP contribution is -2.25. The highest BCUT2D eigenvalue weighted by molar-refractivity contribution is 5.94. The van der Waals surface area contributed by atoms with E-state index in [1.165, 1.54) is 11.1 Å². The maximum Gasteiger partial charge on any atom is 0.251 e. The SMILES string of the molecule is Cc1ccc(C(=O)NCCCc2nc3ccccc3n2CCCOc2c(C)cccc2C)cc1. The van der Waals surface area contributed by atoms with E-state index in [2.05, 4.69) is 60.1 Å². The Morgan fingerprint density at radius 1 is 0.912 bits per heavy atom. The molecule has 0 aliphatic carbocycles. The molecule has 4 aromatic rings. The molecule has 3 aromatic carbocycles. The number of nitrogens with one attached hydrogen (secondary N) is 1. The van der Waals surface area contributed by atoms with Crippen molar-refractivity contribution in [2.45, 2.75) is 46.6 Å². The summed E-state index contributed by atoms with van der Waals surface area (Å²) in [5, 5.41) is 3.03. The first kappa shape index (κ1) is 23.6. The summed E-state index contributed by atoms with van der Waals surface area (Å²) in [7, 11) is 0. The predicted octanol–water partition coefficient (Wildman–Crippen LogP) is 5.79. The van der Waals surface area contributed by atoms with Gasteiger partial charge < -0.3 is 14.6 Å². The number of ether oxygens (including phenoxy) is 1. The van der Waals surface area contributed by atoms with Crippen molar-refractivity contribution in [2.24, 2.45) is 0 Å². The second kappa shape index (κ2) is 11.0. The van der Waals surface area contributed by atoms with E-state index in [0.717, 1.165) is 54.0 Å². The van der Waals surface area contributed by atoms with Crippen LogP contribution in [0.1, 0.15) is 45.7 Å². The van der Waals surface area contributed by atoms with Crippen LogP contribution in [-0.4, -0.2) is 28.6 Å². The highest BCUT2D eigenvalue weighted by Crippen LogP contribution is 2.23. The predicted molar refractivity (Wildman–Crippen MR) is 138 cm³/mol. The number of aromatic nitrogens is 2. The van der Waals surface area contributed by atoms with E-state index in [0.29, 0.717) is 18.7 Å². The fourth-order valence-electron chi connectivity index (χ4n) is 4.24. The van der Waals surface area contributed by atoms with Gasteiger partial charge in [-0.15, -0.1) is 0 Å². The van der Waals surface area contributed by atoms with Crippen molar-refractivity contribution in [3.8, 4) is 5.75 Å². The number of benzene rings is 3. The normalized spacial score (nSPS) is 11.0. The molecule has 0 atom stereocenters. The fraction of sp³-hybridized carbons (Fsp3) is 0.310. The fourth-order valence-corrected chi connectivity index (χ4v) is 4.24. The Kier molecular flexibility index (Phi) is 7.63. The summed E-state index contributed by atoms with van der Waals surface area (Å²) in [6.07, 6.45) is 2.53. The second-order valence-corrected chi connectivity index (χ2v) is 8.82. The molecule has 0 saturated heterocycles. The van der Waals surface area contributed by atoms with Gasteiger partial charge in [0.25, 0.3) is 5.91 Å². The van der Waals surface area contributed by atoms with E-state index in [1.807, 2.05) is 37.3 Å². The van der Waals surface area contributed by atoms with Crippen LogP contribution in [0.3, 0.4) is 0 Å². The number of nitrogens with zero attached hydrogens (tertiary/aromatic N) is 2. The summed E-state index contributed by atoms with van der Waals surface area (Å²) >= 11 is 0. The molecule has 1 amide bonds. The third-order valence-electron chi connectivity index (χ3n) is 6.09. The van der Waals surface area contributed by atoms with Crippen molar-refractivity contribution in [3.05, 3.63) is 94.8 Å². The van der Waals surface area contributed by atoms with Crippen LogP contribution in [0.25, 0.3) is 11.0 Å². The van der Waals surface area contributed by atoms with E-state index < -0.39 is 0 Å². The first-order valence-electron chi connectivity index (χ1n) is 12.0. The smallest absolute Gasteiger partial charge is 0.251 e. The third-order valence-corrected chi connectivity index (χ3v) is 6.09. The van der Waals surface area contributed by atoms with Gasteiger partial charge in [-0.05, 0) is 69.0 Å². The lowest BCUT2D eigenvalue weighted by Gasteiger charge is -2.13. The molecule has 0 aliphatic heterocycles. The molecule has 0 unspecified atom stereocenters. The number of fused-ring (bicyclic) bond motifs is 1. The van der Waals surface area contributed by atoms with Crippen molar-refractivity contribution in [1.82, 2.24) is 14.9 Å². The molecule has 0 saturated carbocycles. The average Bonchev–Trinajstić information content (AvgIpc) is 3.18. The lowest BCUT2D eigenvalue weighted by molar-refractivity contribution is 0.0953. The second-order valence-electron chi connectivity index (χ2n) is 8.82. The minimum atomic E-state index is -0.0304. The van der Waals surface area contributed by atoms with E-state index >= 15 is 0 Å². The van der Waals surface area contributed by atoms with E-state index in [1.54, 1.807) is 0 Å². The van der Waals surface area contributed by atoms with Crippen LogP contribution in [0.5, 0.6) is 5.75 Å². The monoisotopic (exact) mass is 455 g/mol. The highest BCUT2D eigenvalue weighted by atomic mass is 16.5. The van der Waals surface area contributed by atoms with Gasteiger partial charge in [-0.3, -0.25) is 4.79 Å². The number of rotatable bonds is 10. The quantitative estimate of drug-likeness (QED) is 0.308. The lowest BCUT2D eigenvalue weighted by atomic mass is 10.1. The number of imidazole rings is 1. The zero-order chi connectivity index (χ0) is 23.9. The van der Waals surface area contributed by atoms with Crippen molar-refractivity contribution >= 4 is 16.9 Å². The van der Waals surface area contributed by atoms with Crippen molar-refractivity contribution in [3.63, 3.8) is 0 Å². The molecule has 1 heterocycles. The molecule has 0 fully saturated rings. The van der Waals surface area contributed by atoms with E-state index in [-0.39, 0.29) is 5.91 Å². The summed E-state index contributed by atoms with van der Waals surface area (Å²) < 4.78 is 8.41. The number of carbonyl (C=O) groups excluding carboxylic acids is 1. The number of amides is 1. The molecule has 5 nitrogen and oxygen atoms in total. The molecule has 0 aliphatic rings. The van der Waals surface area contributed by atoms with Crippen LogP contribution in [0.4, 0.5) is 0 Å². The summed E-state index contributed by atoms with van der Waals surface area (Å²) in [4.78, 5) is 17.2. The van der Waals surface area contributed by atoms with Crippen LogP contribution in [0.15, 0.2) is 66.7 Å². The number of hydrogen-bond acceptors (Lipinski definition) is 3. The molecule has 1 aromatic heterocycles. The first-order chi connectivity index (χ1) is 16.5. The number of carbonyl (C=O) groups is 1. The summed E-state index contributed by atoms with van der Waals surface area (Å²) in [5.74, 6) is 2.01. The van der Waals surface area contributed by atoms with Crippen molar-refractivity contribution in [2.75, 3.05) is 13.2 Å². The molecule has 0 bridgehead atoms. The zero-order valence-corrected chi connectivity index (χ0v) is 20.3. The van der Waals surface area contributed by atoms with Crippen LogP contribution in [-0.2, 0) is 13.0 Å². The van der Waals surface area contributed by atoms with E-state index in [9.17, 15) is 4.79 Å². The summed E-state index contributed by atoms with van der Waals surface area (Å²) in [6, 6.07) is 22.1. The van der Waals surface area contributed by atoms with Gasteiger partial charge in [0.05, 0.1) is 17.6 Å². The van der Waals surface area contributed by atoms with Gasteiger partial charge in [-0.25, -0.2) is 4.98 Å². The molecule has 0 radical (unpaired) electrons. The zero-order valence-electron chi connectivity index (χ0n) is 20.3. The van der Waals surface area contributed by atoms with Crippen molar-refractivity contribution in [1.29, 1.82) is 0 Å². The van der Waals surface area contributed by atoms with Gasteiger partial charge in [0.15, 0.2) is 0 Å². The molecule has 1 N–H and O–H groups in total. The molecular formula is C29H33N3O2. The number of para-hydroxylation sites is 3. The largest absolute Gasteiger partial charge is 0.493 e.